The van der Waals surface area contributed by atoms with E-state index >= 15 is 0 Å². The third kappa shape index (κ3) is 1.85. The van der Waals surface area contributed by atoms with E-state index in [9.17, 15) is 0 Å². The molecule has 10 heavy (non-hydrogen) atoms. The highest BCUT2D eigenvalue weighted by Crippen LogP contribution is 2.44. The molecule has 1 aliphatic rings. The average molecular weight is 184 g/mol. The van der Waals surface area contributed by atoms with E-state index < -0.39 is 23.4 Å². The van der Waals surface area contributed by atoms with Crippen LogP contribution in [0.2, 0.25) is 0 Å². The lowest BCUT2D eigenvalue weighted by molar-refractivity contribution is 0.0854. The fourth-order valence-corrected chi connectivity index (χ4v) is 3.30. The fourth-order valence-electron chi connectivity index (χ4n) is 0.714. The molecule has 4 N–H and O–H groups in total. The second-order valence-electron chi connectivity index (χ2n) is 2.11. The zero-order valence-electron chi connectivity index (χ0n) is 5.10. The van der Waals surface area contributed by atoms with Crippen molar-refractivity contribution in [2.75, 3.05) is 0 Å². The van der Waals surface area contributed by atoms with Gasteiger partial charge in [-0.05, 0) is 0 Å². The van der Waals surface area contributed by atoms with E-state index in [1.807, 2.05) is 0 Å². The lowest BCUT2D eigenvalue weighted by atomic mass is 10.7. The third-order valence-electron chi connectivity index (χ3n) is 1.28. The van der Waals surface area contributed by atoms with Crippen LogP contribution in [0.1, 0.15) is 0 Å². The lowest BCUT2D eigenvalue weighted by Crippen LogP contribution is -2.32. The molecule has 0 spiro atoms. The SMILES string of the molecule is OC1PC(O)C(O)PC1O. The number of rotatable bonds is 0. The normalized spacial score (nSPS) is 54.0. The number of hydrogen-bond donors (Lipinski definition) is 4. The monoisotopic (exact) mass is 184 g/mol. The van der Waals surface area contributed by atoms with Gasteiger partial charge in [0.1, 0.15) is 23.4 Å². The second kappa shape index (κ2) is 3.40. The summed E-state index contributed by atoms with van der Waals surface area (Å²) >= 11 is 0. The highest BCUT2D eigenvalue weighted by atomic mass is 31.1. The van der Waals surface area contributed by atoms with Gasteiger partial charge >= 0.3 is 0 Å². The van der Waals surface area contributed by atoms with Crippen molar-refractivity contribution >= 4 is 17.2 Å². The number of aliphatic hydroxyl groups is 4. The Bertz CT molecular complexity index is 95.8. The Hall–Kier alpha value is 0.700. The molecule has 0 amide bonds. The van der Waals surface area contributed by atoms with Crippen molar-refractivity contribution in [3.8, 4) is 0 Å². The molecule has 0 aromatic heterocycles. The summed E-state index contributed by atoms with van der Waals surface area (Å²) in [5.41, 5.74) is 0. The first-order valence-corrected chi connectivity index (χ1v) is 5.16. The highest BCUT2D eigenvalue weighted by molar-refractivity contribution is 7.48. The molecule has 1 fully saturated rings. The Labute approximate surface area is 61.8 Å². The second-order valence-corrected chi connectivity index (χ2v) is 5.15. The zero-order chi connectivity index (χ0) is 7.72. The number of hydrogen-bond acceptors (Lipinski definition) is 4. The van der Waals surface area contributed by atoms with Crippen LogP contribution in [0.5, 0.6) is 0 Å². The Morgan fingerprint density at radius 3 is 1.00 bits per heavy atom. The molecule has 6 heteroatoms. The molecule has 0 aromatic rings. The summed E-state index contributed by atoms with van der Waals surface area (Å²) in [5, 5.41) is 35.9. The van der Waals surface area contributed by atoms with Crippen molar-refractivity contribution in [3.05, 3.63) is 0 Å². The molecular formula is C4H10O4P2. The van der Waals surface area contributed by atoms with Crippen LogP contribution < -0.4 is 0 Å². The molecule has 60 valence electrons. The molecule has 0 saturated carbocycles. The van der Waals surface area contributed by atoms with Crippen LogP contribution >= 0.6 is 17.2 Å². The van der Waals surface area contributed by atoms with Crippen molar-refractivity contribution in [2.24, 2.45) is 0 Å². The van der Waals surface area contributed by atoms with Gasteiger partial charge in [0, 0.05) is 0 Å². The van der Waals surface area contributed by atoms with Crippen LogP contribution in [-0.2, 0) is 0 Å². The van der Waals surface area contributed by atoms with E-state index in [4.69, 9.17) is 20.4 Å². The maximum absolute atomic E-state index is 8.96. The van der Waals surface area contributed by atoms with E-state index in [1.165, 1.54) is 0 Å². The zero-order valence-corrected chi connectivity index (χ0v) is 7.10. The number of aliphatic hydroxyl groups excluding tert-OH is 4. The van der Waals surface area contributed by atoms with E-state index in [2.05, 4.69) is 0 Å². The van der Waals surface area contributed by atoms with E-state index in [1.54, 1.807) is 0 Å². The van der Waals surface area contributed by atoms with Crippen molar-refractivity contribution in [1.82, 2.24) is 0 Å². The lowest BCUT2D eigenvalue weighted by Gasteiger charge is -2.31. The quantitative estimate of drug-likeness (QED) is 0.350. The van der Waals surface area contributed by atoms with Crippen LogP contribution in [0.4, 0.5) is 0 Å². The Morgan fingerprint density at radius 2 is 0.800 bits per heavy atom. The maximum atomic E-state index is 8.96. The molecular weight excluding hydrogens is 174 g/mol. The van der Waals surface area contributed by atoms with Gasteiger partial charge in [0.05, 0.1) is 0 Å². The van der Waals surface area contributed by atoms with Gasteiger partial charge < -0.3 is 20.4 Å². The minimum Gasteiger partial charge on any atom is -0.386 e. The predicted molar refractivity (Wildman–Crippen MR) is 40.7 cm³/mol. The molecule has 0 aliphatic carbocycles. The van der Waals surface area contributed by atoms with Crippen LogP contribution in [-0.4, -0.2) is 43.8 Å². The molecule has 4 nitrogen and oxygen atoms in total. The van der Waals surface area contributed by atoms with Crippen molar-refractivity contribution in [3.63, 3.8) is 0 Å². The smallest absolute Gasteiger partial charge is 0.102 e. The average Bonchev–Trinajstić information content (AvgIpc) is 1.84. The Kier molecular flexibility index (Phi) is 2.99. The summed E-state index contributed by atoms with van der Waals surface area (Å²) in [5.74, 6) is -3.40. The largest absolute Gasteiger partial charge is 0.386 e. The maximum Gasteiger partial charge on any atom is 0.102 e. The first-order valence-electron chi connectivity index (χ1n) is 2.85. The Balaban J connectivity index is 2.46. The van der Waals surface area contributed by atoms with Gasteiger partial charge in [-0.15, -0.1) is 0 Å². The van der Waals surface area contributed by atoms with E-state index in [-0.39, 0.29) is 17.2 Å². The molecule has 0 aromatic carbocycles. The van der Waals surface area contributed by atoms with Gasteiger partial charge in [0.15, 0.2) is 0 Å². The van der Waals surface area contributed by atoms with Crippen LogP contribution in [0.15, 0.2) is 0 Å². The van der Waals surface area contributed by atoms with Gasteiger partial charge in [-0.3, -0.25) is 0 Å². The molecule has 0 radical (unpaired) electrons. The standard InChI is InChI=1S/C4H10O4P2/c5-1-2(6)10-4(8)3(7)9-1/h1-10H. The summed E-state index contributed by atoms with van der Waals surface area (Å²) in [6, 6.07) is 0. The first-order chi connectivity index (χ1) is 4.61. The molecule has 4 atom stereocenters. The third-order valence-corrected chi connectivity index (χ3v) is 4.58. The highest BCUT2D eigenvalue weighted by Gasteiger charge is 2.32. The Morgan fingerprint density at radius 1 is 0.600 bits per heavy atom. The predicted octanol–water partition coefficient (Wildman–Crippen LogP) is -1.37. The first kappa shape index (κ1) is 8.79. The summed E-state index contributed by atoms with van der Waals surface area (Å²) in [4.78, 5) is 0. The summed E-state index contributed by atoms with van der Waals surface area (Å²) in [7, 11) is -0.344. The van der Waals surface area contributed by atoms with Crippen LogP contribution in [0.3, 0.4) is 0 Å². The van der Waals surface area contributed by atoms with E-state index in [0.29, 0.717) is 0 Å². The van der Waals surface area contributed by atoms with Crippen molar-refractivity contribution < 1.29 is 20.4 Å². The molecule has 1 heterocycles. The fraction of sp³-hybridized carbons (Fsp3) is 1.00. The minimum absolute atomic E-state index is 0.172. The van der Waals surface area contributed by atoms with Gasteiger partial charge in [0.25, 0.3) is 0 Å². The van der Waals surface area contributed by atoms with E-state index in [0.717, 1.165) is 0 Å². The molecule has 1 rings (SSSR count). The summed E-state index contributed by atoms with van der Waals surface area (Å²) in [6.45, 7) is 0. The minimum atomic E-state index is -0.850. The van der Waals surface area contributed by atoms with Crippen molar-refractivity contribution in [2.45, 2.75) is 23.4 Å². The van der Waals surface area contributed by atoms with Gasteiger partial charge in [-0.2, -0.15) is 0 Å². The van der Waals surface area contributed by atoms with Gasteiger partial charge in [-0.1, -0.05) is 17.2 Å². The van der Waals surface area contributed by atoms with Gasteiger partial charge in [-0.25, -0.2) is 0 Å². The summed E-state index contributed by atoms with van der Waals surface area (Å²) < 4.78 is 0. The molecule has 0 bridgehead atoms. The van der Waals surface area contributed by atoms with Crippen molar-refractivity contribution in [1.29, 1.82) is 0 Å². The summed E-state index contributed by atoms with van der Waals surface area (Å²) in [6.07, 6.45) is 0. The van der Waals surface area contributed by atoms with Gasteiger partial charge in [0.2, 0.25) is 0 Å². The molecule has 1 aliphatic heterocycles. The van der Waals surface area contributed by atoms with Crippen LogP contribution in [0.25, 0.3) is 0 Å². The topological polar surface area (TPSA) is 80.9 Å². The van der Waals surface area contributed by atoms with Crippen LogP contribution in [0, 0.1) is 0 Å². The molecule has 1 saturated heterocycles. The molecule has 4 unspecified atom stereocenters.